The van der Waals surface area contributed by atoms with Crippen molar-refractivity contribution in [2.45, 2.75) is 19.5 Å². The van der Waals surface area contributed by atoms with Gasteiger partial charge in [-0.3, -0.25) is 4.98 Å². The van der Waals surface area contributed by atoms with E-state index in [0.717, 1.165) is 17.7 Å². The summed E-state index contributed by atoms with van der Waals surface area (Å²) in [7, 11) is 0. The smallest absolute Gasteiger partial charge is 0.125 e. The molecule has 4 heteroatoms. The van der Waals surface area contributed by atoms with Crippen LogP contribution in [0.5, 0.6) is 0 Å². The Balaban J connectivity index is 2.11. The van der Waals surface area contributed by atoms with Gasteiger partial charge in [-0.1, -0.05) is 13.0 Å². The van der Waals surface area contributed by atoms with Gasteiger partial charge in [0.1, 0.15) is 12.0 Å². The number of aryl methyl sites for hydroxylation is 1. The molecule has 4 nitrogen and oxygen atoms in total. The van der Waals surface area contributed by atoms with Crippen LogP contribution >= 0.6 is 0 Å². The fourth-order valence-corrected chi connectivity index (χ4v) is 1.42. The highest BCUT2D eigenvalue weighted by molar-refractivity contribution is 5.21. The van der Waals surface area contributed by atoms with E-state index in [-0.39, 0.29) is 6.17 Å². The molecular formula is C10H14N4. The zero-order valence-electron chi connectivity index (χ0n) is 8.12. The fourth-order valence-electron chi connectivity index (χ4n) is 1.42. The molecule has 1 atom stereocenters. The van der Waals surface area contributed by atoms with Gasteiger partial charge in [0.15, 0.2) is 0 Å². The molecule has 0 saturated carbocycles. The van der Waals surface area contributed by atoms with Gasteiger partial charge in [0.2, 0.25) is 0 Å². The second-order valence-electron chi connectivity index (χ2n) is 3.28. The predicted octanol–water partition coefficient (Wildman–Crippen LogP) is 0.593. The monoisotopic (exact) mass is 190 g/mol. The van der Waals surface area contributed by atoms with E-state index in [2.05, 4.69) is 28.6 Å². The van der Waals surface area contributed by atoms with Gasteiger partial charge in [-0.2, -0.15) is 0 Å². The first kappa shape index (κ1) is 8.87. The van der Waals surface area contributed by atoms with E-state index in [0.29, 0.717) is 5.82 Å². The van der Waals surface area contributed by atoms with Gasteiger partial charge >= 0.3 is 0 Å². The molecule has 1 aromatic rings. The van der Waals surface area contributed by atoms with Crippen LogP contribution in [0.2, 0.25) is 0 Å². The molecule has 0 saturated heterocycles. The van der Waals surface area contributed by atoms with E-state index in [1.54, 1.807) is 6.20 Å². The van der Waals surface area contributed by atoms with Crippen LogP contribution in [0.1, 0.15) is 24.3 Å². The maximum absolute atomic E-state index is 5.59. The van der Waals surface area contributed by atoms with E-state index in [4.69, 9.17) is 5.73 Å². The van der Waals surface area contributed by atoms with E-state index in [1.165, 1.54) is 0 Å². The SMILES string of the molecule is CCc1ccc(C2NC=C(N)N2)cn1. The van der Waals surface area contributed by atoms with Gasteiger partial charge in [0.25, 0.3) is 0 Å². The molecule has 0 bridgehead atoms. The molecule has 0 aromatic carbocycles. The Hall–Kier alpha value is -1.71. The average Bonchev–Trinajstić information content (AvgIpc) is 2.65. The normalized spacial score (nSPS) is 19.8. The highest BCUT2D eigenvalue weighted by Crippen LogP contribution is 2.13. The second-order valence-corrected chi connectivity index (χ2v) is 3.28. The van der Waals surface area contributed by atoms with Crippen molar-refractivity contribution >= 4 is 0 Å². The van der Waals surface area contributed by atoms with Crippen molar-refractivity contribution in [2.24, 2.45) is 5.73 Å². The fraction of sp³-hybridized carbons (Fsp3) is 0.300. The van der Waals surface area contributed by atoms with E-state index in [9.17, 15) is 0 Å². The van der Waals surface area contributed by atoms with Crippen LogP contribution in [-0.4, -0.2) is 4.98 Å². The summed E-state index contributed by atoms with van der Waals surface area (Å²) in [5.41, 5.74) is 7.79. The minimum absolute atomic E-state index is 0.0633. The number of hydrogen-bond donors (Lipinski definition) is 3. The minimum Gasteiger partial charge on any atom is -0.384 e. The van der Waals surface area contributed by atoms with Crippen LogP contribution in [-0.2, 0) is 6.42 Å². The third-order valence-electron chi connectivity index (χ3n) is 2.26. The van der Waals surface area contributed by atoms with Crippen molar-refractivity contribution in [1.82, 2.24) is 15.6 Å². The summed E-state index contributed by atoms with van der Waals surface area (Å²) in [6.45, 7) is 2.09. The molecule has 0 fully saturated rings. The first-order valence-corrected chi connectivity index (χ1v) is 4.72. The molecule has 0 aliphatic carbocycles. The van der Waals surface area contributed by atoms with Gasteiger partial charge in [-0.25, -0.2) is 0 Å². The van der Waals surface area contributed by atoms with Crippen molar-refractivity contribution in [1.29, 1.82) is 0 Å². The number of hydrogen-bond acceptors (Lipinski definition) is 4. The molecule has 0 radical (unpaired) electrons. The largest absolute Gasteiger partial charge is 0.384 e. The summed E-state index contributed by atoms with van der Waals surface area (Å²) in [5, 5.41) is 6.22. The highest BCUT2D eigenvalue weighted by Gasteiger charge is 2.14. The molecule has 0 spiro atoms. The molecule has 74 valence electrons. The number of rotatable bonds is 2. The van der Waals surface area contributed by atoms with Crippen LogP contribution in [0.4, 0.5) is 0 Å². The molecule has 2 rings (SSSR count). The Kier molecular flexibility index (Phi) is 2.26. The van der Waals surface area contributed by atoms with Crippen molar-refractivity contribution in [3.8, 4) is 0 Å². The molecule has 2 heterocycles. The second kappa shape index (κ2) is 3.57. The van der Waals surface area contributed by atoms with Crippen LogP contribution in [0, 0.1) is 0 Å². The predicted molar refractivity (Wildman–Crippen MR) is 54.9 cm³/mol. The standard InChI is InChI=1S/C10H14N4/c1-2-8-4-3-7(5-12-8)10-13-6-9(11)14-10/h3-6,10,13-14H,2,11H2,1H3. The summed E-state index contributed by atoms with van der Waals surface area (Å²) in [4.78, 5) is 4.32. The Bertz CT molecular complexity index is 342. The number of nitrogens with zero attached hydrogens (tertiary/aromatic N) is 1. The average molecular weight is 190 g/mol. The summed E-state index contributed by atoms with van der Waals surface area (Å²) in [6, 6.07) is 4.09. The van der Waals surface area contributed by atoms with Crippen molar-refractivity contribution < 1.29 is 0 Å². The van der Waals surface area contributed by atoms with Crippen molar-refractivity contribution in [2.75, 3.05) is 0 Å². The van der Waals surface area contributed by atoms with Crippen LogP contribution in [0.3, 0.4) is 0 Å². The zero-order chi connectivity index (χ0) is 9.97. The van der Waals surface area contributed by atoms with Gasteiger partial charge in [-0.15, -0.1) is 0 Å². The van der Waals surface area contributed by atoms with Crippen LogP contribution in [0.25, 0.3) is 0 Å². The lowest BCUT2D eigenvalue weighted by atomic mass is 10.2. The molecule has 1 aliphatic rings. The number of nitrogens with two attached hydrogens (primary N) is 1. The van der Waals surface area contributed by atoms with Crippen molar-refractivity contribution in [3.05, 3.63) is 41.6 Å². The zero-order valence-corrected chi connectivity index (χ0v) is 8.12. The lowest BCUT2D eigenvalue weighted by Gasteiger charge is -2.12. The third kappa shape index (κ3) is 1.64. The summed E-state index contributed by atoms with van der Waals surface area (Å²) < 4.78 is 0. The number of pyridine rings is 1. The molecule has 14 heavy (non-hydrogen) atoms. The Morgan fingerprint density at radius 1 is 1.50 bits per heavy atom. The van der Waals surface area contributed by atoms with Gasteiger partial charge in [0, 0.05) is 23.7 Å². The molecule has 1 aromatic heterocycles. The van der Waals surface area contributed by atoms with Gasteiger partial charge in [0.05, 0.1) is 0 Å². The van der Waals surface area contributed by atoms with Gasteiger partial charge in [-0.05, 0) is 12.5 Å². The minimum atomic E-state index is 0.0633. The first-order chi connectivity index (χ1) is 6.79. The van der Waals surface area contributed by atoms with Gasteiger partial charge < -0.3 is 16.4 Å². The summed E-state index contributed by atoms with van der Waals surface area (Å²) >= 11 is 0. The quantitative estimate of drug-likeness (QED) is 0.639. The first-order valence-electron chi connectivity index (χ1n) is 4.72. The third-order valence-corrected chi connectivity index (χ3v) is 2.26. The Morgan fingerprint density at radius 2 is 2.36 bits per heavy atom. The van der Waals surface area contributed by atoms with E-state index < -0.39 is 0 Å². The van der Waals surface area contributed by atoms with E-state index >= 15 is 0 Å². The number of nitrogens with one attached hydrogen (secondary N) is 2. The maximum atomic E-state index is 5.59. The molecule has 0 amide bonds. The maximum Gasteiger partial charge on any atom is 0.125 e. The lowest BCUT2D eigenvalue weighted by molar-refractivity contribution is 0.590. The van der Waals surface area contributed by atoms with E-state index in [1.807, 2.05) is 12.3 Å². The molecule has 1 aliphatic heterocycles. The molecule has 4 N–H and O–H groups in total. The summed E-state index contributed by atoms with van der Waals surface area (Å²) in [6.07, 6.45) is 4.66. The lowest BCUT2D eigenvalue weighted by Crippen LogP contribution is -2.25. The number of aromatic nitrogens is 1. The van der Waals surface area contributed by atoms with Crippen LogP contribution < -0.4 is 16.4 Å². The van der Waals surface area contributed by atoms with Crippen LogP contribution in [0.15, 0.2) is 30.4 Å². The van der Waals surface area contributed by atoms with Crippen molar-refractivity contribution in [3.63, 3.8) is 0 Å². The topological polar surface area (TPSA) is 63.0 Å². The Labute approximate surface area is 83.2 Å². The Morgan fingerprint density at radius 3 is 2.86 bits per heavy atom. The molecular weight excluding hydrogens is 176 g/mol. The summed E-state index contributed by atoms with van der Waals surface area (Å²) in [5.74, 6) is 0.662. The highest BCUT2D eigenvalue weighted by atomic mass is 15.2. The molecule has 1 unspecified atom stereocenters.